The van der Waals surface area contributed by atoms with Crippen molar-refractivity contribution in [2.45, 2.75) is 13.0 Å². The zero-order valence-corrected chi connectivity index (χ0v) is 17.6. The van der Waals surface area contributed by atoms with Crippen LogP contribution in [0.25, 0.3) is 22.4 Å². The summed E-state index contributed by atoms with van der Waals surface area (Å²) in [4.78, 5) is 0. The Morgan fingerprint density at radius 3 is 2.13 bits per heavy atom. The van der Waals surface area contributed by atoms with Crippen molar-refractivity contribution in [1.82, 2.24) is 4.57 Å². The summed E-state index contributed by atoms with van der Waals surface area (Å²) in [6.07, 6.45) is 0.888. The first-order valence-corrected chi connectivity index (χ1v) is 10.3. The van der Waals surface area contributed by atoms with Gasteiger partial charge in [-0.1, -0.05) is 48.5 Å². The van der Waals surface area contributed by atoms with Gasteiger partial charge < -0.3 is 14.0 Å². The first kappa shape index (κ1) is 19.1. The number of fused-ring (bicyclic) bond motifs is 3. The molecule has 0 saturated heterocycles. The molecular formula is C26H23N3O2. The van der Waals surface area contributed by atoms with Gasteiger partial charge >= 0.3 is 0 Å². The molecule has 0 saturated carbocycles. The molecule has 0 fully saturated rings. The quantitative estimate of drug-likeness (QED) is 0.340. The number of benzene rings is 3. The Morgan fingerprint density at radius 2 is 1.42 bits per heavy atom. The van der Waals surface area contributed by atoms with E-state index in [0.717, 1.165) is 58.4 Å². The minimum Gasteiger partial charge on any atom is -0.493 e. The minimum atomic E-state index is 0.727. The SMILES string of the molecule is COc1cc2c(cc1OC)-c1cc(-c3ccccc3)c(N=Nc3ccccc3)n1CC2. The van der Waals surface area contributed by atoms with E-state index in [1.54, 1.807) is 14.2 Å². The number of methoxy groups -OCH3 is 2. The average Bonchev–Trinajstić information content (AvgIpc) is 3.22. The van der Waals surface area contributed by atoms with Gasteiger partial charge in [-0.05, 0) is 47.9 Å². The number of hydrogen-bond donors (Lipinski definition) is 0. The Labute approximate surface area is 181 Å². The highest BCUT2D eigenvalue weighted by Gasteiger charge is 2.25. The normalized spacial score (nSPS) is 12.5. The summed E-state index contributed by atoms with van der Waals surface area (Å²) < 4.78 is 13.3. The van der Waals surface area contributed by atoms with E-state index in [4.69, 9.17) is 14.6 Å². The zero-order chi connectivity index (χ0) is 21.2. The first-order chi connectivity index (χ1) is 15.3. The van der Waals surface area contributed by atoms with E-state index in [1.165, 1.54) is 5.56 Å². The second-order valence-corrected chi connectivity index (χ2v) is 7.43. The zero-order valence-electron chi connectivity index (χ0n) is 17.6. The van der Waals surface area contributed by atoms with Crippen molar-refractivity contribution >= 4 is 11.5 Å². The van der Waals surface area contributed by atoms with E-state index in [0.29, 0.717) is 0 Å². The van der Waals surface area contributed by atoms with Crippen molar-refractivity contribution in [1.29, 1.82) is 0 Å². The van der Waals surface area contributed by atoms with Crippen LogP contribution in [-0.2, 0) is 13.0 Å². The number of ether oxygens (including phenoxy) is 2. The molecule has 1 aromatic heterocycles. The topological polar surface area (TPSA) is 48.1 Å². The van der Waals surface area contributed by atoms with Crippen molar-refractivity contribution < 1.29 is 9.47 Å². The molecule has 0 amide bonds. The summed E-state index contributed by atoms with van der Waals surface area (Å²) in [5.41, 5.74) is 6.52. The van der Waals surface area contributed by atoms with Gasteiger partial charge in [-0.15, -0.1) is 10.2 Å². The van der Waals surface area contributed by atoms with E-state index in [2.05, 4.69) is 40.0 Å². The van der Waals surface area contributed by atoms with Gasteiger partial charge in [0.25, 0.3) is 0 Å². The molecule has 0 bridgehead atoms. The van der Waals surface area contributed by atoms with E-state index >= 15 is 0 Å². The van der Waals surface area contributed by atoms with Crippen molar-refractivity contribution in [3.8, 4) is 33.9 Å². The third kappa shape index (κ3) is 3.48. The molecule has 5 nitrogen and oxygen atoms in total. The Morgan fingerprint density at radius 1 is 0.742 bits per heavy atom. The average molecular weight is 409 g/mol. The monoisotopic (exact) mass is 409 g/mol. The minimum absolute atomic E-state index is 0.727. The smallest absolute Gasteiger partial charge is 0.163 e. The third-order valence-electron chi connectivity index (χ3n) is 5.66. The van der Waals surface area contributed by atoms with Gasteiger partial charge in [0.1, 0.15) is 0 Å². The molecule has 0 unspecified atom stereocenters. The van der Waals surface area contributed by atoms with Crippen LogP contribution in [0.5, 0.6) is 11.5 Å². The number of rotatable bonds is 5. The fourth-order valence-electron chi connectivity index (χ4n) is 4.12. The number of aromatic nitrogens is 1. The van der Waals surface area contributed by atoms with Crippen LogP contribution in [0.3, 0.4) is 0 Å². The lowest BCUT2D eigenvalue weighted by atomic mass is 9.97. The van der Waals surface area contributed by atoms with Crippen molar-refractivity contribution in [2.24, 2.45) is 10.2 Å². The maximum atomic E-state index is 5.57. The molecule has 31 heavy (non-hydrogen) atoms. The van der Waals surface area contributed by atoms with Gasteiger partial charge in [-0.25, -0.2) is 0 Å². The van der Waals surface area contributed by atoms with Gasteiger partial charge in [0, 0.05) is 17.7 Å². The van der Waals surface area contributed by atoms with Crippen LogP contribution in [0.2, 0.25) is 0 Å². The lowest BCUT2D eigenvalue weighted by Crippen LogP contribution is -2.10. The predicted octanol–water partition coefficient (Wildman–Crippen LogP) is 6.81. The molecule has 5 rings (SSSR count). The molecule has 1 aliphatic rings. The Bertz CT molecular complexity index is 1240. The maximum Gasteiger partial charge on any atom is 0.163 e. The van der Waals surface area contributed by atoms with Gasteiger partial charge in [0.2, 0.25) is 0 Å². The van der Waals surface area contributed by atoms with Crippen LogP contribution in [0.1, 0.15) is 5.56 Å². The van der Waals surface area contributed by atoms with Crippen molar-refractivity contribution in [2.75, 3.05) is 14.2 Å². The van der Waals surface area contributed by atoms with E-state index in [-0.39, 0.29) is 0 Å². The molecule has 0 atom stereocenters. The Kier molecular flexibility index (Phi) is 5.00. The second kappa shape index (κ2) is 8.11. The first-order valence-electron chi connectivity index (χ1n) is 10.3. The van der Waals surface area contributed by atoms with Crippen LogP contribution in [0, 0.1) is 0 Å². The molecule has 3 aromatic carbocycles. The van der Waals surface area contributed by atoms with Crippen LogP contribution in [0.4, 0.5) is 11.5 Å². The maximum absolute atomic E-state index is 5.57. The molecule has 0 radical (unpaired) electrons. The molecule has 4 aromatic rings. The summed E-state index contributed by atoms with van der Waals surface area (Å²) in [5, 5.41) is 9.23. The highest BCUT2D eigenvalue weighted by molar-refractivity contribution is 5.83. The molecule has 154 valence electrons. The predicted molar refractivity (Wildman–Crippen MR) is 123 cm³/mol. The van der Waals surface area contributed by atoms with Crippen LogP contribution in [0.15, 0.2) is 89.1 Å². The van der Waals surface area contributed by atoms with Crippen LogP contribution >= 0.6 is 0 Å². The summed E-state index contributed by atoms with van der Waals surface area (Å²) in [7, 11) is 3.34. The standard InChI is InChI=1S/C26H23N3O2/c1-30-24-15-19-13-14-29-23(21(19)17-25(24)31-2)16-22(18-9-5-3-6-10-18)26(29)28-27-20-11-7-4-8-12-20/h3-12,15-17H,13-14H2,1-2H3. The summed E-state index contributed by atoms with van der Waals surface area (Å²) in [6.45, 7) is 0.827. The lowest BCUT2D eigenvalue weighted by Gasteiger charge is -2.22. The van der Waals surface area contributed by atoms with Crippen LogP contribution in [-0.4, -0.2) is 18.8 Å². The molecule has 5 heteroatoms. The molecule has 0 N–H and O–H groups in total. The molecule has 0 spiro atoms. The van der Waals surface area contributed by atoms with Gasteiger partial charge in [-0.3, -0.25) is 0 Å². The second-order valence-electron chi connectivity index (χ2n) is 7.43. The fourth-order valence-corrected chi connectivity index (χ4v) is 4.12. The molecule has 1 aliphatic heterocycles. The largest absolute Gasteiger partial charge is 0.493 e. The summed E-state index contributed by atoms with van der Waals surface area (Å²) >= 11 is 0. The molecular weight excluding hydrogens is 386 g/mol. The number of hydrogen-bond acceptors (Lipinski definition) is 4. The highest BCUT2D eigenvalue weighted by atomic mass is 16.5. The van der Waals surface area contributed by atoms with E-state index in [1.807, 2.05) is 48.5 Å². The van der Waals surface area contributed by atoms with Crippen molar-refractivity contribution in [3.63, 3.8) is 0 Å². The Balaban J connectivity index is 1.69. The van der Waals surface area contributed by atoms with Crippen molar-refractivity contribution in [3.05, 3.63) is 84.4 Å². The number of aryl methyl sites for hydroxylation is 1. The van der Waals surface area contributed by atoms with Gasteiger partial charge in [-0.2, -0.15) is 0 Å². The Hall–Kier alpha value is -3.86. The van der Waals surface area contributed by atoms with Crippen LogP contribution < -0.4 is 9.47 Å². The summed E-state index contributed by atoms with van der Waals surface area (Å²) in [6, 6.07) is 26.5. The lowest BCUT2D eigenvalue weighted by molar-refractivity contribution is 0.354. The summed E-state index contributed by atoms with van der Waals surface area (Å²) in [5.74, 6) is 2.35. The fraction of sp³-hybridized carbons (Fsp3) is 0.154. The third-order valence-corrected chi connectivity index (χ3v) is 5.66. The molecule has 0 aliphatic carbocycles. The molecule has 2 heterocycles. The van der Waals surface area contributed by atoms with Gasteiger partial charge in [0.15, 0.2) is 17.3 Å². The van der Waals surface area contributed by atoms with Gasteiger partial charge in [0.05, 0.1) is 25.6 Å². The number of azo groups is 1. The van der Waals surface area contributed by atoms with E-state index in [9.17, 15) is 0 Å². The number of nitrogens with zero attached hydrogens (tertiary/aromatic N) is 3. The highest BCUT2D eigenvalue weighted by Crippen LogP contribution is 2.45. The van der Waals surface area contributed by atoms with E-state index < -0.39 is 0 Å².